The van der Waals surface area contributed by atoms with Gasteiger partial charge in [-0.3, -0.25) is 4.79 Å². The molecule has 0 bridgehead atoms. The summed E-state index contributed by atoms with van der Waals surface area (Å²) in [4.78, 5) is 13.0. The van der Waals surface area contributed by atoms with E-state index in [4.69, 9.17) is 9.47 Å². The Morgan fingerprint density at radius 2 is 1.68 bits per heavy atom. The van der Waals surface area contributed by atoms with Crippen molar-refractivity contribution in [2.75, 3.05) is 40.4 Å². The molecule has 200 valence electrons. The molecule has 0 amide bonds. The maximum absolute atomic E-state index is 15.9. The Morgan fingerprint density at radius 3 is 2.35 bits per heavy atom. The number of ketones is 1. The van der Waals surface area contributed by atoms with Crippen LogP contribution in [-0.4, -0.2) is 61.5 Å². The van der Waals surface area contributed by atoms with Crippen LogP contribution < -0.4 is 9.47 Å². The highest BCUT2D eigenvalue weighted by Crippen LogP contribution is 2.42. The quantitative estimate of drug-likeness (QED) is 0.380. The third-order valence-electron chi connectivity index (χ3n) is 9.08. The number of hydrogen-bond donors (Lipinski definition) is 0. The highest BCUT2D eigenvalue weighted by atomic mass is 19.1. The molecule has 1 aliphatic carbocycles. The van der Waals surface area contributed by atoms with E-state index in [0.717, 1.165) is 42.6 Å². The van der Waals surface area contributed by atoms with Gasteiger partial charge in [0.2, 0.25) is 5.78 Å². The molecule has 0 radical (unpaired) electrons. The molecule has 5 rings (SSSR count). The van der Waals surface area contributed by atoms with Gasteiger partial charge >= 0.3 is 0 Å². The van der Waals surface area contributed by atoms with Gasteiger partial charge in [0, 0.05) is 43.5 Å². The molecular weight excluding hydrogens is 467 g/mol. The largest absolute Gasteiger partial charge is 0.493 e. The van der Waals surface area contributed by atoms with Crippen LogP contribution in [0, 0.1) is 5.92 Å². The fourth-order valence-electron chi connectivity index (χ4n) is 6.93. The molecular formula is C31H42FN2O3+. The number of benzene rings is 2. The summed E-state index contributed by atoms with van der Waals surface area (Å²) in [6.45, 7) is 5.77. The highest BCUT2D eigenvalue weighted by molar-refractivity contribution is 6.07. The van der Waals surface area contributed by atoms with Crippen LogP contribution in [0.5, 0.6) is 11.5 Å². The minimum absolute atomic E-state index is 0.137. The summed E-state index contributed by atoms with van der Waals surface area (Å²) in [5.41, 5.74) is 0.781. The maximum Gasteiger partial charge on any atom is 0.200 e. The first-order valence-corrected chi connectivity index (χ1v) is 14.1. The summed E-state index contributed by atoms with van der Waals surface area (Å²) in [5.74, 6) is 1.24. The molecule has 1 unspecified atom stereocenters. The normalized spacial score (nSPS) is 28.2. The van der Waals surface area contributed by atoms with Crippen molar-refractivity contribution in [1.29, 1.82) is 0 Å². The molecule has 6 heteroatoms. The molecule has 2 aromatic rings. The Bertz CT molecular complexity index is 1080. The van der Waals surface area contributed by atoms with Gasteiger partial charge in [0.15, 0.2) is 17.2 Å². The van der Waals surface area contributed by atoms with Crippen molar-refractivity contribution in [3.05, 3.63) is 59.2 Å². The van der Waals surface area contributed by atoms with Gasteiger partial charge in [-0.25, -0.2) is 8.98 Å². The van der Waals surface area contributed by atoms with Gasteiger partial charge in [0.1, 0.15) is 6.54 Å². The second-order valence-electron chi connectivity index (χ2n) is 11.4. The zero-order chi connectivity index (χ0) is 25.9. The lowest BCUT2D eigenvalue weighted by molar-refractivity contribution is -1.05. The van der Waals surface area contributed by atoms with Gasteiger partial charge in [0.25, 0.3) is 0 Å². The number of fused-ring (bicyclic) bond motifs is 1. The summed E-state index contributed by atoms with van der Waals surface area (Å²) in [5, 5.41) is 2.74. The van der Waals surface area contributed by atoms with Gasteiger partial charge < -0.3 is 9.47 Å². The van der Waals surface area contributed by atoms with E-state index in [-0.39, 0.29) is 12.8 Å². The number of alkyl halides is 1. The fraction of sp³-hybridized carbons (Fsp3) is 0.581. The van der Waals surface area contributed by atoms with Gasteiger partial charge in [-0.2, -0.15) is 5.01 Å². The number of rotatable bonds is 9. The summed E-state index contributed by atoms with van der Waals surface area (Å²) in [6, 6.07) is 14.3. The topological polar surface area (TPSA) is 38.8 Å². The number of likely N-dealkylation sites (tertiary alicyclic amines) is 1. The minimum atomic E-state index is -1.81. The number of carbonyl (C=O) groups is 1. The van der Waals surface area contributed by atoms with E-state index in [1.165, 1.54) is 57.9 Å². The van der Waals surface area contributed by atoms with Gasteiger partial charge in [0.05, 0.1) is 27.3 Å². The molecule has 0 spiro atoms. The van der Waals surface area contributed by atoms with Crippen LogP contribution in [0.15, 0.2) is 42.5 Å². The molecule has 1 atom stereocenters. The molecule has 5 nitrogen and oxygen atoms in total. The zero-order valence-corrected chi connectivity index (χ0v) is 22.5. The lowest BCUT2D eigenvalue weighted by Gasteiger charge is -2.51. The van der Waals surface area contributed by atoms with Crippen LogP contribution in [0.4, 0.5) is 4.39 Å². The first kappa shape index (κ1) is 26.2. The van der Waals surface area contributed by atoms with Crippen LogP contribution in [-0.2, 0) is 13.0 Å². The lowest BCUT2D eigenvalue weighted by Crippen LogP contribution is -2.63. The van der Waals surface area contributed by atoms with E-state index < -0.39 is 11.5 Å². The molecule has 2 heterocycles. The van der Waals surface area contributed by atoms with Crippen molar-refractivity contribution < 1.29 is 23.3 Å². The number of methoxy groups -OCH3 is 2. The van der Waals surface area contributed by atoms with Crippen molar-refractivity contribution in [2.24, 2.45) is 5.92 Å². The van der Waals surface area contributed by atoms with Crippen LogP contribution in [0.3, 0.4) is 0 Å². The van der Waals surface area contributed by atoms with Crippen molar-refractivity contribution >= 4 is 5.78 Å². The van der Waals surface area contributed by atoms with Crippen molar-refractivity contribution in [2.45, 2.75) is 70.0 Å². The maximum atomic E-state index is 15.9. The standard InChI is InChI=1S/C31H42FN2O3/c1-36-28-20-26-22-31(32,30(35)27(26)21-29(28)37-2)15-9-12-24-13-18-34(19-14-24,33-16-7-4-8-17-33)23-25-10-5-3-6-11-25/h3,5-6,10-11,20-21,24H,4,7-9,12-19,22-23H2,1-2H3/q+1. The number of piperidine rings is 2. The smallest absolute Gasteiger partial charge is 0.200 e. The monoisotopic (exact) mass is 509 g/mol. The van der Waals surface area contributed by atoms with E-state index in [1.807, 2.05) is 0 Å². The third kappa shape index (κ3) is 5.42. The number of nitrogens with zero attached hydrogens (tertiary/aromatic N) is 2. The van der Waals surface area contributed by atoms with Gasteiger partial charge in [-0.1, -0.05) is 36.8 Å². The Morgan fingerprint density at radius 1 is 1.00 bits per heavy atom. The van der Waals surface area contributed by atoms with E-state index in [0.29, 0.717) is 23.0 Å². The van der Waals surface area contributed by atoms with E-state index in [1.54, 1.807) is 19.2 Å². The van der Waals surface area contributed by atoms with E-state index in [2.05, 4.69) is 35.3 Å². The predicted molar refractivity (Wildman–Crippen MR) is 144 cm³/mol. The molecule has 2 aliphatic heterocycles. The molecule has 2 saturated heterocycles. The third-order valence-corrected chi connectivity index (χ3v) is 9.08. The number of Topliss-reactive ketones (excluding diaryl/α,β-unsaturated/α-hetero) is 1. The van der Waals surface area contributed by atoms with Crippen LogP contribution >= 0.6 is 0 Å². The van der Waals surface area contributed by atoms with E-state index >= 15 is 4.39 Å². The van der Waals surface area contributed by atoms with Crippen molar-refractivity contribution in [3.63, 3.8) is 0 Å². The molecule has 0 saturated carbocycles. The lowest BCUT2D eigenvalue weighted by atomic mass is 9.87. The zero-order valence-electron chi connectivity index (χ0n) is 22.5. The summed E-state index contributed by atoms with van der Waals surface area (Å²) in [7, 11) is 3.10. The first-order valence-electron chi connectivity index (χ1n) is 14.1. The average molecular weight is 510 g/mol. The molecule has 0 N–H and O–H groups in total. The SMILES string of the molecule is COc1cc2c(cc1OC)C(=O)C(F)(CCCC1CC[N+](Cc3ccccc3)(N3CCCCC3)CC1)C2. The molecule has 37 heavy (non-hydrogen) atoms. The summed E-state index contributed by atoms with van der Waals surface area (Å²) >= 11 is 0. The highest BCUT2D eigenvalue weighted by Gasteiger charge is 2.47. The first-order chi connectivity index (χ1) is 18.0. The minimum Gasteiger partial charge on any atom is -0.493 e. The Hall–Kier alpha value is -2.44. The van der Waals surface area contributed by atoms with Crippen LogP contribution in [0.2, 0.25) is 0 Å². The summed E-state index contributed by atoms with van der Waals surface area (Å²) < 4.78 is 27.7. The number of quaternary nitrogens is 1. The van der Waals surface area contributed by atoms with Crippen molar-refractivity contribution in [3.8, 4) is 11.5 Å². The molecule has 2 fully saturated rings. The van der Waals surface area contributed by atoms with Crippen molar-refractivity contribution in [1.82, 2.24) is 5.01 Å². The molecule has 2 aromatic carbocycles. The van der Waals surface area contributed by atoms with Crippen LogP contribution in [0.25, 0.3) is 0 Å². The fourth-order valence-corrected chi connectivity index (χ4v) is 6.93. The second-order valence-corrected chi connectivity index (χ2v) is 11.4. The predicted octanol–water partition coefficient (Wildman–Crippen LogP) is 6.15. The van der Waals surface area contributed by atoms with Gasteiger partial charge in [-0.05, 0) is 55.7 Å². The Labute approximate surface area is 221 Å². The number of ether oxygens (including phenoxy) is 2. The molecule has 0 aromatic heterocycles. The number of carbonyl (C=O) groups excluding carboxylic acids is 1. The summed E-state index contributed by atoms with van der Waals surface area (Å²) in [6.07, 6.45) is 8.45. The number of hydrogen-bond acceptors (Lipinski definition) is 4. The Kier molecular flexibility index (Phi) is 7.87. The average Bonchev–Trinajstić information content (AvgIpc) is 3.18. The van der Waals surface area contributed by atoms with E-state index in [9.17, 15) is 4.79 Å². The van der Waals surface area contributed by atoms with Crippen LogP contribution in [0.1, 0.15) is 72.9 Å². The molecule has 3 aliphatic rings. The van der Waals surface area contributed by atoms with Gasteiger partial charge in [-0.15, -0.1) is 0 Å². The number of halogens is 1. The second kappa shape index (κ2) is 11.1. The Balaban J connectivity index is 1.18.